The molecule has 1 N–H and O–H groups in total. The van der Waals surface area contributed by atoms with E-state index in [9.17, 15) is 5.11 Å². The van der Waals surface area contributed by atoms with Crippen molar-refractivity contribution in [1.29, 1.82) is 0 Å². The number of nitrogens with zero attached hydrogens (tertiary/aromatic N) is 1. The van der Waals surface area contributed by atoms with Crippen molar-refractivity contribution >= 4 is 0 Å². The Morgan fingerprint density at radius 2 is 1.88 bits per heavy atom. The first kappa shape index (κ1) is 18.5. The van der Waals surface area contributed by atoms with E-state index >= 15 is 0 Å². The van der Waals surface area contributed by atoms with Crippen molar-refractivity contribution in [3.63, 3.8) is 0 Å². The average molecular weight is 357 g/mol. The van der Waals surface area contributed by atoms with Crippen LogP contribution in [0.5, 0.6) is 17.2 Å². The lowest BCUT2D eigenvalue weighted by atomic mass is 10.1. The molecule has 0 radical (unpaired) electrons. The molecule has 5 heteroatoms. The van der Waals surface area contributed by atoms with E-state index < -0.39 is 0 Å². The van der Waals surface area contributed by atoms with Gasteiger partial charge in [-0.05, 0) is 25.0 Å². The Morgan fingerprint density at radius 1 is 1.08 bits per heavy atom. The van der Waals surface area contributed by atoms with E-state index in [0.29, 0.717) is 12.3 Å². The van der Waals surface area contributed by atoms with Crippen molar-refractivity contribution in [3.8, 4) is 17.2 Å². The Bertz CT molecular complexity index is 713. The minimum Gasteiger partial charge on any atom is -0.507 e. The SMILES string of the molecule is COc1ccc(CN(Cc2ccccc2OC)C[C@H]2CCCO2)c(O)c1. The third-order valence-corrected chi connectivity index (χ3v) is 4.76. The molecule has 1 fully saturated rings. The summed E-state index contributed by atoms with van der Waals surface area (Å²) in [5.74, 6) is 1.78. The maximum Gasteiger partial charge on any atom is 0.123 e. The summed E-state index contributed by atoms with van der Waals surface area (Å²) in [5, 5.41) is 10.3. The largest absolute Gasteiger partial charge is 0.507 e. The summed E-state index contributed by atoms with van der Waals surface area (Å²) < 4.78 is 16.5. The molecule has 0 bridgehead atoms. The first-order chi connectivity index (χ1) is 12.7. The predicted octanol–water partition coefficient (Wildman–Crippen LogP) is 3.59. The first-order valence-corrected chi connectivity index (χ1v) is 9.01. The van der Waals surface area contributed by atoms with Gasteiger partial charge in [-0.3, -0.25) is 4.90 Å². The smallest absolute Gasteiger partial charge is 0.123 e. The van der Waals surface area contributed by atoms with Gasteiger partial charge in [-0.25, -0.2) is 0 Å². The standard InChI is InChI=1S/C21H27NO4/c1-24-18-10-9-16(20(23)12-18)13-22(15-19-7-5-11-26-19)14-17-6-3-4-8-21(17)25-2/h3-4,6,8-10,12,19,23H,5,7,11,13-15H2,1-2H3/t19-/m1/s1. The van der Waals surface area contributed by atoms with Gasteiger partial charge in [0.15, 0.2) is 0 Å². The summed E-state index contributed by atoms with van der Waals surface area (Å²) in [6.07, 6.45) is 2.43. The van der Waals surface area contributed by atoms with Crippen LogP contribution in [0.15, 0.2) is 42.5 Å². The Kier molecular flexibility index (Phi) is 6.36. The van der Waals surface area contributed by atoms with Crippen LogP contribution in [0.4, 0.5) is 0 Å². The molecule has 3 rings (SSSR count). The molecule has 0 aliphatic carbocycles. The minimum absolute atomic E-state index is 0.241. The van der Waals surface area contributed by atoms with Crippen molar-refractivity contribution in [3.05, 3.63) is 53.6 Å². The van der Waals surface area contributed by atoms with E-state index in [1.54, 1.807) is 20.3 Å². The number of para-hydroxylation sites is 1. The van der Waals surface area contributed by atoms with Crippen molar-refractivity contribution in [2.45, 2.75) is 32.0 Å². The van der Waals surface area contributed by atoms with E-state index in [0.717, 1.165) is 49.4 Å². The predicted molar refractivity (Wildman–Crippen MR) is 101 cm³/mol. The third-order valence-electron chi connectivity index (χ3n) is 4.76. The number of methoxy groups -OCH3 is 2. The highest BCUT2D eigenvalue weighted by Gasteiger charge is 2.21. The average Bonchev–Trinajstić information content (AvgIpc) is 3.16. The van der Waals surface area contributed by atoms with Crippen molar-refractivity contribution in [1.82, 2.24) is 4.90 Å². The normalized spacial score (nSPS) is 16.8. The minimum atomic E-state index is 0.241. The van der Waals surface area contributed by atoms with E-state index in [1.807, 2.05) is 30.3 Å². The molecule has 0 spiro atoms. The van der Waals surface area contributed by atoms with Crippen molar-refractivity contribution < 1.29 is 19.3 Å². The number of phenolic OH excluding ortho intramolecular Hbond substituents is 1. The van der Waals surface area contributed by atoms with Crippen LogP contribution in [-0.2, 0) is 17.8 Å². The molecule has 0 aromatic heterocycles. The van der Waals surface area contributed by atoms with Gasteiger partial charge in [-0.15, -0.1) is 0 Å². The molecule has 1 saturated heterocycles. The van der Waals surface area contributed by atoms with Crippen LogP contribution in [0.3, 0.4) is 0 Å². The van der Waals surface area contributed by atoms with Gasteiger partial charge in [0.25, 0.3) is 0 Å². The molecular formula is C21H27NO4. The summed E-state index contributed by atoms with van der Waals surface area (Å²) in [4.78, 5) is 2.30. The molecule has 1 aliphatic rings. The number of rotatable bonds is 8. The van der Waals surface area contributed by atoms with Crippen LogP contribution in [0.1, 0.15) is 24.0 Å². The molecule has 5 nitrogen and oxygen atoms in total. The summed E-state index contributed by atoms with van der Waals surface area (Å²) in [7, 11) is 3.29. The number of ether oxygens (including phenoxy) is 3. The van der Waals surface area contributed by atoms with Crippen LogP contribution in [0, 0.1) is 0 Å². The van der Waals surface area contributed by atoms with E-state index in [2.05, 4.69) is 11.0 Å². The van der Waals surface area contributed by atoms with Crippen LogP contribution in [0.2, 0.25) is 0 Å². The fraction of sp³-hybridized carbons (Fsp3) is 0.429. The highest BCUT2D eigenvalue weighted by Crippen LogP contribution is 2.27. The lowest BCUT2D eigenvalue weighted by Gasteiger charge is -2.26. The van der Waals surface area contributed by atoms with Gasteiger partial charge in [0.05, 0.1) is 20.3 Å². The fourth-order valence-corrected chi connectivity index (χ4v) is 3.38. The Balaban J connectivity index is 1.78. The maximum atomic E-state index is 10.3. The van der Waals surface area contributed by atoms with E-state index in [4.69, 9.17) is 14.2 Å². The number of hydrogen-bond acceptors (Lipinski definition) is 5. The lowest BCUT2D eigenvalue weighted by Crippen LogP contribution is -2.31. The molecule has 1 aliphatic heterocycles. The fourth-order valence-electron chi connectivity index (χ4n) is 3.38. The number of aromatic hydroxyl groups is 1. The van der Waals surface area contributed by atoms with Gasteiger partial charge in [-0.2, -0.15) is 0 Å². The zero-order chi connectivity index (χ0) is 18.4. The topological polar surface area (TPSA) is 51.2 Å². The first-order valence-electron chi connectivity index (χ1n) is 9.01. The Labute approximate surface area is 155 Å². The molecule has 26 heavy (non-hydrogen) atoms. The summed E-state index contributed by atoms with van der Waals surface area (Å²) >= 11 is 0. The lowest BCUT2D eigenvalue weighted by molar-refractivity contribution is 0.0673. The molecule has 2 aromatic carbocycles. The van der Waals surface area contributed by atoms with E-state index in [-0.39, 0.29) is 11.9 Å². The van der Waals surface area contributed by atoms with Gasteiger partial charge >= 0.3 is 0 Å². The second-order valence-corrected chi connectivity index (χ2v) is 6.61. The molecule has 1 heterocycles. The van der Waals surface area contributed by atoms with Crippen LogP contribution >= 0.6 is 0 Å². The zero-order valence-corrected chi connectivity index (χ0v) is 15.5. The summed E-state index contributed by atoms with van der Waals surface area (Å²) in [5.41, 5.74) is 2.00. The monoisotopic (exact) mass is 357 g/mol. The molecule has 1 atom stereocenters. The Hall–Kier alpha value is -2.24. The quantitative estimate of drug-likeness (QED) is 0.782. The maximum absolute atomic E-state index is 10.3. The van der Waals surface area contributed by atoms with Gasteiger partial charge in [0, 0.05) is 43.4 Å². The van der Waals surface area contributed by atoms with Crippen molar-refractivity contribution in [2.24, 2.45) is 0 Å². The zero-order valence-electron chi connectivity index (χ0n) is 15.5. The second kappa shape index (κ2) is 8.92. The molecule has 0 amide bonds. The molecule has 0 saturated carbocycles. The van der Waals surface area contributed by atoms with Gasteiger partial charge in [0.1, 0.15) is 17.2 Å². The molecule has 2 aromatic rings. The van der Waals surface area contributed by atoms with E-state index in [1.165, 1.54) is 0 Å². The molecule has 140 valence electrons. The van der Waals surface area contributed by atoms with Crippen LogP contribution in [-0.4, -0.2) is 43.5 Å². The number of benzene rings is 2. The van der Waals surface area contributed by atoms with Gasteiger partial charge in [-0.1, -0.05) is 24.3 Å². The summed E-state index contributed by atoms with van der Waals surface area (Å²) in [6, 6.07) is 13.5. The second-order valence-electron chi connectivity index (χ2n) is 6.61. The van der Waals surface area contributed by atoms with Crippen LogP contribution in [0.25, 0.3) is 0 Å². The van der Waals surface area contributed by atoms with Gasteiger partial charge < -0.3 is 19.3 Å². The van der Waals surface area contributed by atoms with Crippen molar-refractivity contribution in [2.75, 3.05) is 27.4 Å². The highest BCUT2D eigenvalue weighted by molar-refractivity contribution is 5.40. The molecular weight excluding hydrogens is 330 g/mol. The number of phenols is 1. The number of hydrogen-bond donors (Lipinski definition) is 1. The Morgan fingerprint density at radius 3 is 2.58 bits per heavy atom. The highest BCUT2D eigenvalue weighted by atomic mass is 16.5. The molecule has 0 unspecified atom stereocenters. The van der Waals surface area contributed by atoms with Gasteiger partial charge in [0.2, 0.25) is 0 Å². The summed E-state index contributed by atoms with van der Waals surface area (Å²) in [6.45, 7) is 3.02. The third kappa shape index (κ3) is 4.68. The van der Waals surface area contributed by atoms with Crippen LogP contribution < -0.4 is 9.47 Å².